The van der Waals surface area contributed by atoms with E-state index in [1.54, 1.807) is 6.20 Å². The molecule has 0 radical (unpaired) electrons. The standard InChI is InChI=1S/C8H6ClN3/c1-5-2-6-7(9)11-4-12-8(6)10-3-5/h2-4H,1H3. The van der Waals surface area contributed by atoms with Crippen LogP contribution in [0.5, 0.6) is 0 Å². The normalized spacial score (nSPS) is 10.5. The summed E-state index contributed by atoms with van der Waals surface area (Å²) in [5.74, 6) is 0. The molecule has 2 rings (SSSR count). The first kappa shape index (κ1) is 7.43. The number of hydrogen-bond donors (Lipinski definition) is 0. The van der Waals surface area contributed by atoms with Crippen molar-refractivity contribution < 1.29 is 0 Å². The molecule has 0 unspecified atom stereocenters. The number of nitrogens with zero attached hydrogens (tertiary/aromatic N) is 3. The zero-order valence-corrected chi connectivity index (χ0v) is 7.21. The van der Waals surface area contributed by atoms with E-state index in [0.717, 1.165) is 10.9 Å². The first-order valence-corrected chi connectivity index (χ1v) is 3.88. The zero-order chi connectivity index (χ0) is 8.55. The molecule has 0 spiro atoms. The third-order valence-corrected chi connectivity index (χ3v) is 1.88. The molecule has 0 amide bonds. The highest BCUT2D eigenvalue weighted by Gasteiger charge is 2.00. The van der Waals surface area contributed by atoms with Crippen molar-refractivity contribution in [2.75, 3.05) is 0 Å². The van der Waals surface area contributed by atoms with E-state index < -0.39 is 0 Å². The first-order chi connectivity index (χ1) is 5.77. The minimum atomic E-state index is 0.455. The van der Waals surface area contributed by atoms with Gasteiger partial charge in [-0.25, -0.2) is 15.0 Å². The fourth-order valence-corrected chi connectivity index (χ4v) is 1.20. The largest absolute Gasteiger partial charge is 0.236 e. The van der Waals surface area contributed by atoms with Crippen molar-refractivity contribution in [1.82, 2.24) is 15.0 Å². The Labute approximate surface area is 74.4 Å². The van der Waals surface area contributed by atoms with Gasteiger partial charge in [0.05, 0.1) is 5.39 Å². The molecule has 0 bridgehead atoms. The lowest BCUT2D eigenvalue weighted by atomic mass is 10.2. The Morgan fingerprint density at radius 1 is 1.25 bits per heavy atom. The molecule has 0 aromatic carbocycles. The summed E-state index contributed by atoms with van der Waals surface area (Å²) in [6.45, 7) is 1.95. The maximum Gasteiger partial charge on any atom is 0.164 e. The summed E-state index contributed by atoms with van der Waals surface area (Å²) in [5, 5.41) is 1.26. The second-order valence-electron chi connectivity index (χ2n) is 2.55. The van der Waals surface area contributed by atoms with E-state index in [0.29, 0.717) is 10.8 Å². The van der Waals surface area contributed by atoms with Crippen LogP contribution in [0.2, 0.25) is 5.15 Å². The maximum atomic E-state index is 5.84. The zero-order valence-electron chi connectivity index (χ0n) is 6.45. The highest BCUT2D eigenvalue weighted by atomic mass is 35.5. The predicted octanol–water partition coefficient (Wildman–Crippen LogP) is 1.99. The van der Waals surface area contributed by atoms with Crippen molar-refractivity contribution >= 4 is 22.6 Å². The van der Waals surface area contributed by atoms with Crippen LogP contribution in [0, 0.1) is 6.92 Å². The van der Waals surface area contributed by atoms with Gasteiger partial charge in [-0.15, -0.1) is 0 Å². The Bertz CT molecular complexity index is 428. The van der Waals surface area contributed by atoms with E-state index in [1.807, 2.05) is 13.0 Å². The molecule has 60 valence electrons. The van der Waals surface area contributed by atoms with Gasteiger partial charge in [-0.05, 0) is 18.6 Å². The smallest absolute Gasteiger partial charge is 0.164 e. The lowest BCUT2D eigenvalue weighted by Crippen LogP contribution is -1.87. The van der Waals surface area contributed by atoms with Gasteiger partial charge in [0.15, 0.2) is 5.65 Å². The molecule has 0 atom stereocenters. The molecule has 0 aliphatic rings. The third-order valence-electron chi connectivity index (χ3n) is 1.58. The van der Waals surface area contributed by atoms with Crippen LogP contribution >= 0.6 is 11.6 Å². The van der Waals surface area contributed by atoms with Gasteiger partial charge in [0.1, 0.15) is 11.5 Å². The van der Waals surface area contributed by atoms with Gasteiger partial charge in [-0.3, -0.25) is 0 Å². The molecule has 0 fully saturated rings. The molecule has 12 heavy (non-hydrogen) atoms. The Kier molecular flexibility index (Phi) is 1.66. The van der Waals surface area contributed by atoms with Gasteiger partial charge in [0.2, 0.25) is 0 Å². The summed E-state index contributed by atoms with van der Waals surface area (Å²) in [6, 6.07) is 1.92. The van der Waals surface area contributed by atoms with Gasteiger partial charge in [0, 0.05) is 6.20 Å². The van der Waals surface area contributed by atoms with E-state index in [4.69, 9.17) is 11.6 Å². The molecule has 0 aliphatic carbocycles. The number of hydrogen-bond acceptors (Lipinski definition) is 3. The van der Waals surface area contributed by atoms with Crippen LogP contribution in [0.15, 0.2) is 18.6 Å². The second kappa shape index (κ2) is 2.68. The molecular weight excluding hydrogens is 174 g/mol. The molecule has 0 aliphatic heterocycles. The molecule has 0 N–H and O–H groups in total. The van der Waals surface area contributed by atoms with Crippen LogP contribution in [0.3, 0.4) is 0 Å². The van der Waals surface area contributed by atoms with Gasteiger partial charge in [-0.1, -0.05) is 11.6 Å². The third kappa shape index (κ3) is 1.12. The van der Waals surface area contributed by atoms with Gasteiger partial charge >= 0.3 is 0 Å². The molecular formula is C8H6ClN3. The number of pyridine rings is 1. The number of rotatable bonds is 0. The average molecular weight is 180 g/mol. The SMILES string of the molecule is Cc1cnc2ncnc(Cl)c2c1. The fraction of sp³-hybridized carbons (Fsp3) is 0.125. The summed E-state index contributed by atoms with van der Waals surface area (Å²) in [5.41, 5.74) is 1.69. The van der Waals surface area contributed by atoms with E-state index in [9.17, 15) is 0 Å². The minimum absolute atomic E-state index is 0.455. The summed E-state index contributed by atoms with van der Waals surface area (Å²) < 4.78 is 0. The van der Waals surface area contributed by atoms with Gasteiger partial charge < -0.3 is 0 Å². The van der Waals surface area contributed by atoms with Crippen molar-refractivity contribution in [2.45, 2.75) is 6.92 Å². The van der Waals surface area contributed by atoms with E-state index >= 15 is 0 Å². The molecule has 2 heterocycles. The highest BCUT2D eigenvalue weighted by molar-refractivity contribution is 6.33. The topological polar surface area (TPSA) is 38.7 Å². The second-order valence-corrected chi connectivity index (χ2v) is 2.91. The average Bonchev–Trinajstić information content (AvgIpc) is 2.07. The van der Waals surface area contributed by atoms with E-state index in [-0.39, 0.29) is 0 Å². The molecule has 3 nitrogen and oxygen atoms in total. The lowest BCUT2D eigenvalue weighted by Gasteiger charge is -1.97. The Hall–Kier alpha value is -1.22. The molecule has 0 saturated carbocycles. The van der Waals surface area contributed by atoms with Crippen LogP contribution in [-0.2, 0) is 0 Å². The molecule has 0 saturated heterocycles. The lowest BCUT2D eigenvalue weighted by molar-refractivity contribution is 1.17. The summed E-state index contributed by atoms with van der Waals surface area (Å²) in [4.78, 5) is 11.9. The van der Waals surface area contributed by atoms with Crippen LogP contribution < -0.4 is 0 Å². The summed E-state index contributed by atoms with van der Waals surface area (Å²) in [6.07, 6.45) is 3.17. The maximum absolute atomic E-state index is 5.84. The van der Waals surface area contributed by atoms with Crippen molar-refractivity contribution in [3.63, 3.8) is 0 Å². The van der Waals surface area contributed by atoms with E-state index in [1.165, 1.54) is 6.33 Å². The van der Waals surface area contributed by atoms with Crippen molar-refractivity contribution in [1.29, 1.82) is 0 Å². The van der Waals surface area contributed by atoms with Crippen LogP contribution in [0.1, 0.15) is 5.56 Å². The van der Waals surface area contributed by atoms with Gasteiger partial charge in [-0.2, -0.15) is 0 Å². The van der Waals surface area contributed by atoms with Gasteiger partial charge in [0.25, 0.3) is 0 Å². The minimum Gasteiger partial charge on any atom is -0.236 e. The quantitative estimate of drug-likeness (QED) is 0.581. The number of halogens is 1. The molecule has 2 aromatic rings. The number of aromatic nitrogens is 3. The molecule has 4 heteroatoms. The number of aryl methyl sites for hydroxylation is 1. The predicted molar refractivity (Wildman–Crippen MR) is 47.1 cm³/mol. The summed E-state index contributed by atoms with van der Waals surface area (Å²) >= 11 is 5.84. The number of fused-ring (bicyclic) bond motifs is 1. The molecule has 2 aromatic heterocycles. The first-order valence-electron chi connectivity index (χ1n) is 3.50. The summed E-state index contributed by atoms with van der Waals surface area (Å²) in [7, 11) is 0. The monoisotopic (exact) mass is 179 g/mol. The van der Waals surface area contributed by atoms with Crippen LogP contribution in [0.4, 0.5) is 0 Å². The van der Waals surface area contributed by atoms with Crippen molar-refractivity contribution in [2.24, 2.45) is 0 Å². The van der Waals surface area contributed by atoms with Crippen LogP contribution in [0.25, 0.3) is 11.0 Å². The van der Waals surface area contributed by atoms with Crippen molar-refractivity contribution in [3.05, 3.63) is 29.3 Å². The van der Waals surface area contributed by atoms with Crippen molar-refractivity contribution in [3.8, 4) is 0 Å². The van der Waals surface area contributed by atoms with Crippen LogP contribution in [-0.4, -0.2) is 15.0 Å². The fourth-order valence-electron chi connectivity index (χ4n) is 1.02. The Morgan fingerprint density at radius 2 is 2.08 bits per heavy atom. The highest BCUT2D eigenvalue weighted by Crippen LogP contribution is 2.17. The Balaban J connectivity index is 2.88. The Morgan fingerprint density at radius 3 is 2.92 bits per heavy atom. The van der Waals surface area contributed by atoms with E-state index in [2.05, 4.69) is 15.0 Å².